The van der Waals surface area contributed by atoms with Crippen molar-refractivity contribution in [2.24, 2.45) is 5.73 Å². The number of aromatic nitrogens is 4. The summed E-state index contributed by atoms with van der Waals surface area (Å²) >= 11 is 0. The molecule has 0 bridgehead atoms. The molecule has 3 aromatic rings. The van der Waals surface area contributed by atoms with E-state index in [0.29, 0.717) is 24.5 Å². The molecule has 15 nitrogen and oxygen atoms in total. The van der Waals surface area contributed by atoms with Crippen LogP contribution in [0.2, 0.25) is 0 Å². The van der Waals surface area contributed by atoms with Crippen LogP contribution in [-0.2, 0) is 27.4 Å². The molecule has 15 heteroatoms. The van der Waals surface area contributed by atoms with E-state index >= 15 is 0 Å². The van der Waals surface area contributed by atoms with Crippen LogP contribution in [0.25, 0.3) is 11.4 Å². The Morgan fingerprint density at radius 1 is 0.851 bits per heavy atom. The van der Waals surface area contributed by atoms with E-state index in [1.165, 1.54) is 16.1 Å². The maximum Gasteiger partial charge on any atom is 0.410 e. The third-order valence-electron chi connectivity index (χ3n) is 4.95. The number of nitrogens with zero attached hydrogens (tertiary/aromatic N) is 7. The molecule has 2 amide bonds. The van der Waals surface area contributed by atoms with E-state index in [1.54, 1.807) is 26.2 Å². The summed E-state index contributed by atoms with van der Waals surface area (Å²) in [7, 11) is 3.39. The molecule has 47 heavy (non-hydrogen) atoms. The lowest BCUT2D eigenvalue weighted by Gasteiger charge is -2.24. The summed E-state index contributed by atoms with van der Waals surface area (Å²) in [6, 6.07) is 16.8. The highest BCUT2D eigenvalue weighted by molar-refractivity contribution is 5.68. The van der Waals surface area contributed by atoms with Crippen molar-refractivity contribution < 1.29 is 29.0 Å². The maximum absolute atomic E-state index is 11.9. The fraction of sp³-hybridized carbons (Fsp3) is 0.406. The standard InChI is InChI=1S/C15H19N5O2.C14H18N2O2.C2H4O2.CH4N2/c1-15(2,3)22-14(21)20(4)9-11-5-7-12(8-6-11)13-18-16-10-17-19-13;1-14(2,3)18-13(17)16(4)10-12-7-5-11(9-15)6-8-12;1-2(3)4;2-1-3/h5-8,10H,9H2,1-4H3;5-8H,10H2,1-4H3;1H3,(H,3,4);1H,(H3,2,3). The van der Waals surface area contributed by atoms with Crippen LogP contribution >= 0.6 is 0 Å². The lowest BCUT2D eigenvalue weighted by atomic mass is 10.1. The van der Waals surface area contributed by atoms with Gasteiger partial charge in [-0.25, -0.2) is 9.59 Å². The number of hydrogen-bond donors (Lipinski definition) is 3. The van der Waals surface area contributed by atoms with Crippen molar-refractivity contribution in [2.75, 3.05) is 14.1 Å². The molecule has 0 saturated heterocycles. The van der Waals surface area contributed by atoms with Gasteiger partial charge in [-0.15, -0.1) is 20.4 Å². The lowest BCUT2D eigenvalue weighted by Crippen LogP contribution is -2.33. The summed E-state index contributed by atoms with van der Waals surface area (Å²) < 4.78 is 10.6. The zero-order chi connectivity index (χ0) is 36.2. The predicted molar refractivity (Wildman–Crippen MR) is 176 cm³/mol. The lowest BCUT2D eigenvalue weighted by molar-refractivity contribution is -0.134. The molecule has 1 aromatic heterocycles. The van der Waals surface area contributed by atoms with Gasteiger partial charge in [-0.3, -0.25) is 10.2 Å². The summed E-state index contributed by atoms with van der Waals surface area (Å²) in [6.07, 6.45) is 1.33. The molecule has 0 unspecified atom stereocenters. The Hall–Kier alpha value is -5.65. The average Bonchev–Trinajstić information content (AvgIpc) is 2.97. The van der Waals surface area contributed by atoms with Crippen molar-refractivity contribution in [2.45, 2.75) is 72.8 Å². The Morgan fingerprint density at radius 2 is 1.19 bits per heavy atom. The van der Waals surface area contributed by atoms with E-state index in [2.05, 4.69) is 32.2 Å². The van der Waals surface area contributed by atoms with Crippen molar-refractivity contribution in [3.8, 4) is 17.5 Å². The molecule has 0 aliphatic rings. The van der Waals surface area contributed by atoms with Gasteiger partial charge in [0.2, 0.25) is 5.82 Å². The summed E-state index contributed by atoms with van der Waals surface area (Å²) in [5, 5.41) is 37.2. The van der Waals surface area contributed by atoms with E-state index in [0.717, 1.165) is 30.0 Å². The van der Waals surface area contributed by atoms with Gasteiger partial charge < -0.3 is 30.1 Å². The second-order valence-electron chi connectivity index (χ2n) is 11.7. The molecule has 0 aliphatic carbocycles. The average molecular weight is 652 g/mol. The number of amides is 2. The molecule has 0 spiro atoms. The molecule has 0 saturated carbocycles. The normalized spacial score (nSPS) is 10.0. The highest BCUT2D eigenvalue weighted by Gasteiger charge is 2.20. The van der Waals surface area contributed by atoms with Gasteiger partial charge in [0.05, 0.1) is 18.0 Å². The molecule has 2 aromatic carbocycles. The Kier molecular flexibility index (Phi) is 17.9. The fourth-order valence-corrected chi connectivity index (χ4v) is 3.12. The smallest absolute Gasteiger partial charge is 0.410 e. The fourth-order valence-electron chi connectivity index (χ4n) is 3.12. The van der Waals surface area contributed by atoms with Crippen LogP contribution < -0.4 is 5.73 Å². The second kappa shape index (κ2) is 20.4. The van der Waals surface area contributed by atoms with Crippen LogP contribution in [0.3, 0.4) is 0 Å². The summed E-state index contributed by atoms with van der Waals surface area (Å²) in [5.41, 5.74) is 6.77. The first-order valence-electron chi connectivity index (χ1n) is 14.2. The second-order valence-corrected chi connectivity index (χ2v) is 11.7. The number of carboxylic acids is 1. The number of ether oxygens (including phenoxy) is 2. The monoisotopic (exact) mass is 651 g/mol. The molecule has 4 N–H and O–H groups in total. The third kappa shape index (κ3) is 20.1. The number of nitriles is 1. The molecular formula is C32H45N9O6. The van der Waals surface area contributed by atoms with Crippen molar-refractivity contribution in [1.82, 2.24) is 30.2 Å². The minimum Gasteiger partial charge on any atom is -0.481 e. The molecule has 0 atom stereocenters. The molecule has 3 rings (SSSR count). The number of carboxylic acid groups (broad SMARTS) is 1. The molecular weight excluding hydrogens is 606 g/mol. The van der Waals surface area contributed by atoms with Crippen LogP contribution in [-0.4, -0.2) is 85.1 Å². The Balaban J connectivity index is 0.000000762. The number of nitrogens with two attached hydrogens (primary N) is 1. The van der Waals surface area contributed by atoms with Gasteiger partial charge in [0.15, 0.2) is 6.33 Å². The zero-order valence-electron chi connectivity index (χ0n) is 28.4. The molecule has 0 aliphatic heterocycles. The van der Waals surface area contributed by atoms with Crippen molar-refractivity contribution >= 4 is 24.5 Å². The van der Waals surface area contributed by atoms with Gasteiger partial charge in [0.25, 0.3) is 5.97 Å². The van der Waals surface area contributed by atoms with Crippen LogP contribution in [0.15, 0.2) is 54.9 Å². The van der Waals surface area contributed by atoms with Gasteiger partial charge in [-0.05, 0) is 64.8 Å². The van der Waals surface area contributed by atoms with E-state index < -0.39 is 17.2 Å². The topological polar surface area (TPSA) is 222 Å². The van der Waals surface area contributed by atoms with Crippen LogP contribution in [0.5, 0.6) is 0 Å². The Morgan fingerprint density at radius 3 is 1.51 bits per heavy atom. The zero-order valence-corrected chi connectivity index (χ0v) is 28.4. The van der Waals surface area contributed by atoms with Gasteiger partial charge in [0.1, 0.15) is 11.2 Å². The number of nitrogens with one attached hydrogen (secondary N) is 1. The number of carbonyl (C=O) groups excluding carboxylic acids is 2. The van der Waals surface area contributed by atoms with Crippen molar-refractivity contribution in [1.29, 1.82) is 10.7 Å². The molecule has 0 fully saturated rings. The van der Waals surface area contributed by atoms with Gasteiger partial charge in [-0.1, -0.05) is 36.4 Å². The number of benzene rings is 2. The van der Waals surface area contributed by atoms with Crippen LogP contribution in [0.4, 0.5) is 9.59 Å². The number of rotatable bonds is 5. The van der Waals surface area contributed by atoms with Gasteiger partial charge >= 0.3 is 12.2 Å². The third-order valence-corrected chi connectivity index (χ3v) is 4.95. The van der Waals surface area contributed by atoms with E-state index in [1.807, 2.05) is 77.9 Å². The highest BCUT2D eigenvalue weighted by atomic mass is 16.6. The minimum atomic E-state index is -0.833. The largest absolute Gasteiger partial charge is 0.481 e. The first kappa shape index (κ1) is 41.4. The first-order chi connectivity index (χ1) is 21.8. The van der Waals surface area contributed by atoms with Crippen LogP contribution in [0.1, 0.15) is 65.2 Å². The van der Waals surface area contributed by atoms with E-state index in [9.17, 15) is 9.59 Å². The Bertz CT molecular complexity index is 1430. The van der Waals surface area contributed by atoms with E-state index in [-0.39, 0.29) is 12.2 Å². The van der Waals surface area contributed by atoms with Crippen molar-refractivity contribution in [3.05, 3.63) is 71.5 Å². The SMILES string of the molecule is CC(=O)O.CN(Cc1ccc(-c2nncnn2)cc1)C(=O)OC(C)(C)C.CN(Cc1ccc(C#N)cc1)C(=O)OC(C)(C)C.N=CN. The predicted octanol–water partition coefficient (Wildman–Crippen LogP) is 4.87. The van der Waals surface area contributed by atoms with E-state index in [4.69, 9.17) is 30.0 Å². The first-order valence-corrected chi connectivity index (χ1v) is 14.2. The number of carbonyl (C=O) groups is 3. The molecule has 1 heterocycles. The van der Waals surface area contributed by atoms with Crippen molar-refractivity contribution in [3.63, 3.8) is 0 Å². The summed E-state index contributed by atoms with van der Waals surface area (Å²) in [4.78, 5) is 35.7. The summed E-state index contributed by atoms with van der Waals surface area (Å²) in [6.45, 7) is 13.0. The molecule has 0 radical (unpaired) electrons. The highest BCUT2D eigenvalue weighted by Crippen LogP contribution is 2.16. The quantitative estimate of drug-likeness (QED) is 0.248. The van der Waals surface area contributed by atoms with Crippen LogP contribution in [0, 0.1) is 16.7 Å². The summed E-state index contributed by atoms with van der Waals surface area (Å²) in [5.74, 6) is -0.366. The number of hydrogen-bond acceptors (Lipinski definition) is 11. The van der Waals surface area contributed by atoms with Gasteiger partial charge in [-0.2, -0.15) is 5.26 Å². The maximum atomic E-state index is 11.9. The number of aliphatic carboxylic acids is 1. The molecule has 254 valence electrons. The Labute approximate surface area is 275 Å². The van der Waals surface area contributed by atoms with Gasteiger partial charge in [0, 0.05) is 39.7 Å². The minimum absolute atomic E-state index is 0.351.